The van der Waals surface area contributed by atoms with Crippen LogP contribution in [0.2, 0.25) is 5.02 Å². The van der Waals surface area contributed by atoms with Gasteiger partial charge in [0.25, 0.3) is 0 Å². The summed E-state index contributed by atoms with van der Waals surface area (Å²) in [5.41, 5.74) is -1.71. The van der Waals surface area contributed by atoms with Crippen molar-refractivity contribution in [1.29, 1.82) is 0 Å². The van der Waals surface area contributed by atoms with Gasteiger partial charge in [-0.3, -0.25) is 0 Å². The SMILES string of the molecule is OCCC(O)c1cc(C(F)(F)F)cc(Cl)c1F. The lowest BCUT2D eigenvalue weighted by Crippen LogP contribution is -2.10. The molecule has 0 aliphatic heterocycles. The molecule has 1 rings (SSSR count). The zero-order valence-electron chi connectivity index (χ0n) is 8.43. The number of halogens is 5. The normalized spacial score (nSPS) is 13.8. The maximum Gasteiger partial charge on any atom is 0.416 e. The van der Waals surface area contributed by atoms with Gasteiger partial charge >= 0.3 is 6.18 Å². The molecular formula is C10H9ClF4O2. The summed E-state index contributed by atoms with van der Waals surface area (Å²) in [5.74, 6) is -1.11. The van der Waals surface area contributed by atoms with Gasteiger partial charge in [-0.05, 0) is 12.1 Å². The summed E-state index contributed by atoms with van der Waals surface area (Å²) in [5, 5.41) is 17.2. The fourth-order valence-corrected chi connectivity index (χ4v) is 1.52. The van der Waals surface area contributed by atoms with Gasteiger partial charge in [0.05, 0.1) is 16.7 Å². The minimum Gasteiger partial charge on any atom is -0.396 e. The minimum absolute atomic E-state index is 0.269. The van der Waals surface area contributed by atoms with E-state index in [1.54, 1.807) is 0 Å². The van der Waals surface area contributed by atoms with E-state index in [-0.39, 0.29) is 6.42 Å². The molecule has 0 fully saturated rings. The van der Waals surface area contributed by atoms with Crippen molar-refractivity contribution in [3.63, 3.8) is 0 Å². The fourth-order valence-electron chi connectivity index (χ4n) is 1.29. The first-order chi connectivity index (χ1) is 7.77. The Labute approximate surface area is 99.4 Å². The van der Waals surface area contributed by atoms with Gasteiger partial charge in [-0.25, -0.2) is 4.39 Å². The molecule has 0 radical (unpaired) electrons. The van der Waals surface area contributed by atoms with Gasteiger partial charge in [-0.15, -0.1) is 0 Å². The van der Waals surface area contributed by atoms with Crippen molar-refractivity contribution >= 4 is 11.6 Å². The van der Waals surface area contributed by atoms with Crippen LogP contribution in [0.5, 0.6) is 0 Å². The molecule has 0 amide bonds. The monoisotopic (exact) mass is 272 g/mol. The van der Waals surface area contributed by atoms with Crippen LogP contribution in [-0.4, -0.2) is 16.8 Å². The first kappa shape index (κ1) is 14.2. The first-order valence-corrected chi connectivity index (χ1v) is 5.00. The van der Waals surface area contributed by atoms with Crippen LogP contribution >= 0.6 is 11.6 Å². The standard InChI is InChI=1S/C10H9ClF4O2/c11-7-4-5(10(13,14)15)3-6(9(7)12)8(17)1-2-16/h3-4,8,16-17H,1-2H2. The van der Waals surface area contributed by atoms with E-state index in [2.05, 4.69) is 0 Å². The van der Waals surface area contributed by atoms with Crippen molar-refractivity contribution in [2.45, 2.75) is 18.7 Å². The fraction of sp³-hybridized carbons (Fsp3) is 0.400. The van der Waals surface area contributed by atoms with Crippen LogP contribution in [0.25, 0.3) is 0 Å². The smallest absolute Gasteiger partial charge is 0.396 e. The second kappa shape index (κ2) is 5.20. The Morgan fingerprint density at radius 3 is 2.35 bits per heavy atom. The quantitative estimate of drug-likeness (QED) is 0.831. The van der Waals surface area contributed by atoms with Crippen LogP contribution in [0.4, 0.5) is 17.6 Å². The summed E-state index contributed by atoms with van der Waals surface area (Å²) in [6.45, 7) is -0.478. The van der Waals surface area contributed by atoms with E-state index in [0.717, 1.165) is 0 Å². The average molecular weight is 273 g/mol. The van der Waals surface area contributed by atoms with Gasteiger partial charge in [0.15, 0.2) is 0 Å². The van der Waals surface area contributed by atoms with Crippen LogP contribution in [0.1, 0.15) is 23.7 Å². The number of rotatable bonds is 3. The Balaban J connectivity index is 3.25. The van der Waals surface area contributed by atoms with Crippen molar-refractivity contribution in [3.05, 3.63) is 34.1 Å². The molecule has 1 unspecified atom stereocenters. The number of benzene rings is 1. The van der Waals surface area contributed by atoms with Crippen molar-refractivity contribution in [3.8, 4) is 0 Å². The maximum atomic E-state index is 13.4. The van der Waals surface area contributed by atoms with Crippen LogP contribution in [0, 0.1) is 5.82 Å². The predicted octanol–water partition coefficient (Wildman–Crippen LogP) is 2.91. The highest BCUT2D eigenvalue weighted by molar-refractivity contribution is 6.30. The lowest BCUT2D eigenvalue weighted by Gasteiger charge is -2.15. The molecule has 0 heterocycles. The van der Waals surface area contributed by atoms with Crippen molar-refractivity contribution in [2.75, 3.05) is 6.61 Å². The molecule has 0 saturated carbocycles. The lowest BCUT2D eigenvalue weighted by molar-refractivity contribution is -0.137. The zero-order chi connectivity index (χ0) is 13.2. The van der Waals surface area contributed by atoms with Crippen LogP contribution in [0.15, 0.2) is 12.1 Å². The van der Waals surface area contributed by atoms with E-state index in [1.807, 2.05) is 0 Å². The van der Waals surface area contributed by atoms with Crippen molar-refractivity contribution in [1.82, 2.24) is 0 Å². The number of hydrogen-bond donors (Lipinski definition) is 2. The van der Waals surface area contributed by atoms with Gasteiger partial charge < -0.3 is 10.2 Å². The van der Waals surface area contributed by atoms with Crippen LogP contribution in [0.3, 0.4) is 0 Å². The molecule has 96 valence electrons. The highest BCUT2D eigenvalue weighted by Crippen LogP contribution is 2.35. The molecule has 0 spiro atoms. The second-order valence-electron chi connectivity index (χ2n) is 3.39. The molecule has 2 N–H and O–H groups in total. The number of aliphatic hydroxyl groups is 2. The van der Waals surface area contributed by atoms with Gasteiger partial charge in [0, 0.05) is 18.6 Å². The van der Waals surface area contributed by atoms with Gasteiger partial charge in [0.1, 0.15) is 5.82 Å². The Hall–Kier alpha value is -0.850. The van der Waals surface area contributed by atoms with E-state index < -0.39 is 40.9 Å². The molecule has 2 nitrogen and oxygen atoms in total. The van der Waals surface area contributed by atoms with Crippen LogP contribution in [-0.2, 0) is 6.18 Å². The first-order valence-electron chi connectivity index (χ1n) is 4.62. The van der Waals surface area contributed by atoms with E-state index in [1.165, 1.54) is 0 Å². The molecule has 0 aliphatic rings. The molecule has 0 aromatic heterocycles. The summed E-state index contributed by atoms with van der Waals surface area (Å²) in [6, 6.07) is 0.938. The highest BCUT2D eigenvalue weighted by Gasteiger charge is 2.33. The minimum atomic E-state index is -4.68. The molecule has 1 atom stereocenters. The molecule has 0 saturated heterocycles. The Kier molecular flexibility index (Phi) is 4.35. The molecule has 17 heavy (non-hydrogen) atoms. The van der Waals surface area contributed by atoms with E-state index >= 15 is 0 Å². The second-order valence-corrected chi connectivity index (χ2v) is 3.79. The van der Waals surface area contributed by atoms with Gasteiger partial charge in [0.2, 0.25) is 0 Å². The number of aliphatic hydroxyl groups excluding tert-OH is 2. The molecule has 1 aromatic carbocycles. The van der Waals surface area contributed by atoms with E-state index in [0.29, 0.717) is 12.1 Å². The maximum absolute atomic E-state index is 13.4. The molecular weight excluding hydrogens is 264 g/mol. The third kappa shape index (κ3) is 3.31. The summed E-state index contributed by atoms with van der Waals surface area (Å²) >= 11 is 5.32. The largest absolute Gasteiger partial charge is 0.416 e. The van der Waals surface area contributed by atoms with Gasteiger partial charge in [-0.1, -0.05) is 11.6 Å². The molecule has 0 bridgehead atoms. The zero-order valence-corrected chi connectivity index (χ0v) is 9.19. The molecule has 7 heteroatoms. The highest BCUT2D eigenvalue weighted by atomic mass is 35.5. The summed E-state index contributed by atoms with van der Waals surface area (Å²) in [4.78, 5) is 0. The van der Waals surface area contributed by atoms with Crippen LogP contribution < -0.4 is 0 Å². The topological polar surface area (TPSA) is 40.5 Å². The summed E-state index contributed by atoms with van der Waals surface area (Å²) < 4.78 is 50.7. The average Bonchev–Trinajstić information content (AvgIpc) is 2.20. The lowest BCUT2D eigenvalue weighted by atomic mass is 10.0. The predicted molar refractivity (Wildman–Crippen MR) is 53.1 cm³/mol. The third-order valence-electron chi connectivity index (χ3n) is 2.15. The molecule has 1 aromatic rings. The summed E-state index contributed by atoms with van der Waals surface area (Å²) in [7, 11) is 0. The number of hydrogen-bond acceptors (Lipinski definition) is 2. The van der Waals surface area contributed by atoms with E-state index in [4.69, 9.17) is 16.7 Å². The van der Waals surface area contributed by atoms with Crippen molar-refractivity contribution in [2.24, 2.45) is 0 Å². The van der Waals surface area contributed by atoms with E-state index in [9.17, 15) is 22.7 Å². The Morgan fingerprint density at radius 2 is 1.88 bits per heavy atom. The Morgan fingerprint density at radius 1 is 1.29 bits per heavy atom. The summed E-state index contributed by atoms with van der Waals surface area (Å²) in [6.07, 6.45) is -6.47. The Bertz CT molecular complexity index is 406. The number of alkyl halides is 3. The van der Waals surface area contributed by atoms with Gasteiger partial charge in [-0.2, -0.15) is 13.2 Å². The van der Waals surface area contributed by atoms with Crippen molar-refractivity contribution < 1.29 is 27.8 Å². The molecule has 0 aliphatic carbocycles. The third-order valence-corrected chi connectivity index (χ3v) is 2.42.